The Balaban J connectivity index is 1.70. The van der Waals surface area contributed by atoms with Crippen molar-refractivity contribution in [3.8, 4) is 0 Å². The standard InChI is InChI=1S/C18H23FN2O3S2/c19-16-4-6-18(7-5-16)26(22,23)21(15-17-3-1-14-25-17)9-2-8-20-10-12-24-13-11-20/h1,3-7,14H,2,8-13,15H2/p+1. The fraction of sp³-hybridized carbons (Fsp3) is 0.444. The zero-order chi connectivity index (χ0) is 18.4. The maximum atomic E-state index is 13.2. The third-order valence-electron chi connectivity index (χ3n) is 4.50. The summed E-state index contributed by atoms with van der Waals surface area (Å²) < 4.78 is 46.1. The van der Waals surface area contributed by atoms with E-state index in [1.54, 1.807) is 0 Å². The van der Waals surface area contributed by atoms with Crippen LogP contribution in [0.5, 0.6) is 0 Å². The third kappa shape index (κ3) is 5.11. The number of ether oxygens (including phenoxy) is 1. The van der Waals surface area contributed by atoms with Crippen LogP contribution in [-0.2, 0) is 21.3 Å². The molecule has 1 aromatic heterocycles. The second kappa shape index (κ2) is 9.05. The Hall–Kier alpha value is -1.32. The van der Waals surface area contributed by atoms with Crippen LogP contribution in [0.25, 0.3) is 0 Å². The van der Waals surface area contributed by atoms with Gasteiger partial charge in [0.2, 0.25) is 10.0 Å². The molecule has 1 aliphatic heterocycles. The number of benzene rings is 1. The summed E-state index contributed by atoms with van der Waals surface area (Å²) in [5.74, 6) is -0.440. The molecule has 2 aromatic rings. The maximum Gasteiger partial charge on any atom is 0.243 e. The Morgan fingerprint density at radius 1 is 1.15 bits per heavy atom. The molecule has 26 heavy (non-hydrogen) atoms. The van der Waals surface area contributed by atoms with Crippen molar-refractivity contribution >= 4 is 21.4 Å². The minimum Gasteiger partial charge on any atom is -0.370 e. The van der Waals surface area contributed by atoms with Crippen molar-refractivity contribution in [2.24, 2.45) is 0 Å². The van der Waals surface area contributed by atoms with E-state index in [-0.39, 0.29) is 4.90 Å². The highest BCUT2D eigenvalue weighted by Gasteiger charge is 2.25. The predicted molar refractivity (Wildman–Crippen MR) is 99.3 cm³/mol. The van der Waals surface area contributed by atoms with E-state index < -0.39 is 15.8 Å². The quantitative estimate of drug-likeness (QED) is 0.730. The summed E-state index contributed by atoms with van der Waals surface area (Å²) in [6, 6.07) is 8.90. The lowest BCUT2D eigenvalue weighted by Crippen LogP contribution is -3.14. The molecule has 3 rings (SSSR count). The average Bonchev–Trinajstić information content (AvgIpc) is 3.15. The molecule has 1 aromatic carbocycles. The zero-order valence-electron chi connectivity index (χ0n) is 14.6. The molecule has 0 spiro atoms. The van der Waals surface area contributed by atoms with Gasteiger partial charge in [0.1, 0.15) is 18.9 Å². The zero-order valence-corrected chi connectivity index (χ0v) is 16.2. The first-order valence-corrected chi connectivity index (χ1v) is 11.1. The number of nitrogens with one attached hydrogen (secondary N) is 1. The number of hydrogen-bond donors (Lipinski definition) is 1. The molecule has 142 valence electrons. The molecule has 1 aliphatic rings. The topological polar surface area (TPSA) is 51.0 Å². The van der Waals surface area contributed by atoms with Crippen molar-refractivity contribution in [3.63, 3.8) is 0 Å². The molecule has 5 nitrogen and oxygen atoms in total. The molecule has 1 N–H and O–H groups in total. The number of halogens is 1. The average molecular weight is 400 g/mol. The van der Waals surface area contributed by atoms with E-state index in [9.17, 15) is 12.8 Å². The second-order valence-electron chi connectivity index (χ2n) is 6.34. The molecule has 0 atom stereocenters. The Kier molecular flexibility index (Phi) is 6.77. The molecule has 0 unspecified atom stereocenters. The van der Waals surface area contributed by atoms with Crippen molar-refractivity contribution in [1.29, 1.82) is 0 Å². The van der Waals surface area contributed by atoms with Gasteiger partial charge < -0.3 is 9.64 Å². The lowest BCUT2D eigenvalue weighted by molar-refractivity contribution is -0.908. The highest BCUT2D eigenvalue weighted by atomic mass is 32.2. The van der Waals surface area contributed by atoms with E-state index in [0.29, 0.717) is 13.1 Å². The number of hydrogen-bond acceptors (Lipinski definition) is 4. The number of rotatable bonds is 8. The van der Waals surface area contributed by atoms with Gasteiger partial charge in [-0.1, -0.05) is 6.07 Å². The van der Waals surface area contributed by atoms with Crippen molar-refractivity contribution in [2.75, 3.05) is 39.4 Å². The number of thiophene rings is 1. The predicted octanol–water partition coefficient (Wildman–Crippen LogP) is 1.38. The molecule has 0 radical (unpaired) electrons. The van der Waals surface area contributed by atoms with Gasteiger partial charge in [0, 0.05) is 24.4 Å². The monoisotopic (exact) mass is 399 g/mol. The fourth-order valence-electron chi connectivity index (χ4n) is 3.03. The largest absolute Gasteiger partial charge is 0.370 e. The van der Waals surface area contributed by atoms with Crippen molar-refractivity contribution in [2.45, 2.75) is 17.9 Å². The van der Waals surface area contributed by atoms with E-state index >= 15 is 0 Å². The van der Waals surface area contributed by atoms with Gasteiger partial charge in [-0.25, -0.2) is 12.8 Å². The number of nitrogens with zero attached hydrogens (tertiary/aromatic N) is 1. The molecule has 0 aliphatic carbocycles. The molecular formula is C18H24FN2O3S2+. The smallest absolute Gasteiger partial charge is 0.243 e. The van der Waals surface area contributed by atoms with Crippen molar-refractivity contribution < 1.29 is 22.4 Å². The molecule has 0 bridgehead atoms. The van der Waals surface area contributed by atoms with E-state index in [2.05, 4.69) is 0 Å². The Labute approximate surface area is 158 Å². The van der Waals surface area contributed by atoms with Gasteiger partial charge in [0.25, 0.3) is 0 Å². The second-order valence-corrected chi connectivity index (χ2v) is 9.31. The minimum absolute atomic E-state index is 0.133. The first-order chi connectivity index (χ1) is 12.6. The van der Waals surface area contributed by atoms with Crippen LogP contribution in [0, 0.1) is 5.82 Å². The van der Waals surface area contributed by atoms with E-state index in [4.69, 9.17) is 4.74 Å². The first-order valence-electron chi connectivity index (χ1n) is 8.75. The van der Waals surface area contributed by atoms with Crippen LogP contribution in [0.15, 0.2) is 46.7 Å². The fourth-order valence-corrected chi connectivity index (χ4v) is 5.29. The number of quaternary nitrogens is 1. The number of morpholine rings is 1. The van der Waals surface area contributed by atoms with Gasteiger partial charge in [-0.2, -0.15) is 4.31 Å². The number of sulfonamides is 1. The van der Waals surface area contributed by atoms with Crippen LogP contribution < -0.4 is 4.90 Å². The molecule has 2 heterocycles. The van der Waals surface area contributed by atoms with E-state index in [0.717, 1.165) is 44.1 Å². The summed E-state index contributed by atoms with van der Waals surface area (Å²) in [6.07, 6.45) is 0.779. The molecule has 0 amide bonds. The van der Waals surface area contributed by atoms with E-state index in [1.165, 1.54) is 44.8 Å². The van der Waals surface area contributed by atoms with Gasteiger partial charge in [-0.3, -0.25) is 0 Å². The Bertz CT molecular complexity index is 773. The SMILES string of the molecule is O=S(=O)(c1ccc(F)cc1)N(CCC[NH+]1CCOCC1)Cc1cccs1. The normalized spacial score (nSPS) is 16.2. The summed E-state index contributed by atoms with van der Waals surface area (Å²) in [5.41, 5.74) is 0. The summed E-state index contributed by atoms with van der Waals surface area (Å²) >= 11 is 1.54. The van der Waals surface area contributed by atoms with Gasteiger partial charge in [-0.15, -0.1) is 11.3 Å². The molecular weight excluding hydrogens is 375 g/mol. The third-order valence-corrected chi connectivity index (χ3v) is 7.22. The summed E-state index contributed by atoms with van der Waals surface area (Å²) in [5, 5.41) is 1.94. The van der Waals surface area contributed by atoms with Crippen LogP contribution in [0.1, 0.15) is 11.3 Å². The lowest BCUT2D eigenvalue weighted by Gasteiger charge is -2.26. The van der Waals surface area contributed by atoms with E-state index in [1.807, 2.05) is 17.5 Å². The van der Waals surface area contributed by atoms with Crippen LogP contribution in [0.2, 0.25) is 0 Å². The highest BCUT2D eigenvalue weighted by molar-refractivity contribution is 7.89. The molecule has 0 saturated carbocycles. The maximum absolute atomic E-state index is 13.2. The summed E-state index contributed by atoms with van der Waals surface area (Å²) in [7, 11) is -3.66. The van der Waals surface area contributed by atoms with Crippen LogP contribution in [-0.4, -0.2) is 52.1 Å². The first kappa shape index (κ1) is 19.4. The summed E-state index contributed by atoms with van der Waals surface area (Å²) in [4.78, 5) is 2.58. The van der Waals surface area contributed by atoms with Gasteiger partial charge in [0.05, 0.1) is 24.7 Å². The Morgan fingerprint density at radius 2 is 1.88 bits per heavy atom. The van der Waals surface area contributed by atoms with Crippen LogP contribution in [0.3, 0.4) is 0 Å². The highest BCUT2D eigenvalue weighted by Crippen LogP contribution is 2.21. The minimum atomic E-state index is -3.66. The molecule has 1 saturated heterocycles. The summed E-state index contributed by atoms with van der Waals surface area (Å²) in [6.45, 7) is 5.18. The van der Waals surface area contributed by atoms with Crippen LogP contribution in [0.4, 0.5) is 4.39 Å². The molecule has 1 fully saturated rings. The van der Waals surface area contributed by atoms with Gasteiger partial charge >= 0.3 is 0 Å². The van der Waals surface area contributed by atoms with Gasteiger partial charge in [-0.05, 0) is 35.7 Å². The van der Waals surface area contributed by atoms with Gasteiger partial charge in [0.15, 0.2) is 0 Å². The Morgan fingerprint density at radius 3 is 2.54 bits per heavy atom. The van der Waals surface area contributed by atoms with Crippen molar-refractivity contribution in [3.05, 3.63) is 52.5 Å². The lowest BCUT2D eigenvalue weighted by atomic mass is 10.3. The molecule has 8 heteroatoms. The van der Waals surface area contributed by atoms with Crippen molar-refractivity contribution in [1.82, 2.24) is 4.31 Å². The van der Waals surface area contributed by atoms with Crippen LogP contribution >= 0.6 is 11.3 Å².